The third kappa shape index (κ3) is 4.38. The zero-order chi connectivity index (χ0) is 17.9. The predicted molar refractivity (Wildman–Crippen MR) is 85.8 cm³/mol. The van der Waals surface area contributed by atoms with Crippen molar-refractivity contribution >= 4 is 17.6 Å². The molecule has 6 heteroatoms. The van der Waals surface area contributed by atoms with Crippen LogP contribution >= 0.6 is 0 Å². The second kappa shape index (κ2) is 7.21. The second-order valence-corrected chi connectivity index (χ2v) is 5.51. The van der Waals surface area contributed by atoms with Gasteiger partial charge in [0.25, 0.3) is 5.91 Å². The van der Waals surface area contributed by atoms with Crippen molar-refractivity contribution < 1.29 is 23.1 Å². The molecule has 2 rings (SSSR count). The van der Waals surface area contributed by atoms with E-state index in [1.807, 2.05) is 26.0 Å². The molecule has 1 amide bonds. The zero-order valence-corrected chi connectivity index (χ0v) is 13.5. The fourth-order valence-electron chi connectivity index (χ4n) is 2.06. The lowest BCUT2D eigenvalue weighted by molar-refractivity contribution is -0.123. The van der Waals surface area contributed by atoms with Gasteiger partial charge in [0.05, 0.1) is 5.56 Å². The molecule has 0 saturated heterocycles. The minimum absolute atomic E-state index is 0.293. The number of halogens is 2. The number of hydrogen-bond acceptors (Lipinski definition) is 3. The summed E-state index contributed by atoms with van der Waals surface area (Å²) >= 11 is 0. The number of anilines is 1. The quantitative estimate of drug-likeness (QED) is 0.867. The molecule has 0 fully saturated rings. The van der Waals surface area contributed by atoms with E-state index >= 15 is 0 Å². The van der Waals surface area contributed by atoms with E-state index in [-0.39, 0.29) is 5.56 Å². The fraction of sp³-hybridized carbons (Fsp3) is 0.222. The summed E-state index contributed by atoms with van der Waals surface area (Å²) in [4.78, 5) is 24.0. The Bertz CT molecular complexity index is 770. The molecule has 0 aromatic heterocycles. The number of aryl methyl sites for hydroxylation is 2. The van der Waals surface area contributed by atoms with E-state index in [4.69, 9.17) is 4.74 Å². The highest BCUT2D eigenvalue weighted by Gasteiger charge is 2.20. The highest BCUT2D eigenvalue weighted by Crippen LogP contribution is 2.17. The van der Waals surface area contributed by atoms with Crippen LogP contribution in [0.2, 0.25) is 0 Å². The summed E-state index contributed by atoms with van der Waals surface area (Å²) in [5.41, 5.74) is 2.15. The SMILES string of the molecule is Cc1ccc(C)c(NC(=O)[C@@H](C)OC(=O)c2cc(F)cc(F)c2)c1. The molecule has 0 aliphatic rings. The van der Waals surface area contributed by atoms with Gasteiger partial charge in [0.2, 0.25) is 0 Å². The molecule has 4 nitrogen and oxygen atoms in total. The molecule has 0 heterocycles. The zero-order valence-electron chi connectivity index (χ0n) is 13.5. The molecule has 2 aromatic carbocycles. The number of ether oxygens (including phenoxy) is 1. The second-order valence-electron chi connectivity index (χ2n) is 5.51. The van der Waals surface area contributed by atoms with Gasteiger partial charge in [-0.15, -0.1) is 0 Å². The molecule has 0 bridgehead atoms. The van der Waals surface area contributed by atoms with Crippen LogP contribution in [0.25, 0.3) is 0 Å². The molecule has 1 N–H and O–H groups in total. The third-order valence-corrected chi connectivity index (χ3v) is 3.40. The number of esters is 1. The van der Waals surface area contributed by atoms with Gasteiger partial charge in [0.15, 0.2) is 6.10 Å². The standard InChI is InChI=1S/C18H17F2NO3/c1-10-4-5-11(2)16(6-10)21-17(22)12(3)24-18(23)13-7-14(19)9-15(20)8-13/h4-9,12H,1-3H3,(H,21,22)/t12-/m1/s1. The van der Waals surface area contributed by atoms with E-state index in [2.05, 4.69) is 5.32 Å². The maximum absolute atomic E-state index is 13.1. The Balaban J connectivity index is 2.05. The van der Waals surface area contributed by atoms with Crippen LogP contribution in [0.1, 0.15) is 28.4 Å². The van der Waals surface area contributed by atoms with Crippen molar-refractivity contribution in [2.45, 2.75) is 26.9 Å². The van der Waals surface area contributed by atoms with Gasteiger partial charge in [-0.3, -0.25) is 4.79 Å². The average Bonchev–Trinajstić information content (AvgIpc) is 2.49. The van der Waals surface area contributed by atoms with E-state index < -0.39 is 29.6 Å². The van der Waals surface area contributed by atoms with E-state index in [0.717, 1.165) is 23.3 Å². The predicted octanol–water partition coefficient (Wildman–Crippen LogP) is 3.77. The van der Waals surface area contributed by atoms with Gasteiger partial charge >= 0.3 is 5.97 Å². The van der Waals surface area contributed by atoms with Crippen LogP contribution < -0.4 is 5.32 Å². The first-order chi connectivity index (χ1) is 11.3. The molecule has 126 valence electrons. The molecule has 2 aromatic rings. The van der Waals surface area contributed by atoms with Crippen molar-refractivity contribution in [1.82, 2.24) is 0 Å². The first kappa shape index (κ1) is 17.6. The summed E-state index contributed by atoms with van der Waals surface area (Å²) in [6.07, 6.45) is -1.12. The molecule has 0 spiro atoms. The summed E-state index contributed by atoms with van der Waals surface area (Å²) < 4.78 is 31.2. The molecular formula is C18H17F2NO3. The first-order valence-corrected chi connectivity index (χ1v) is 7.31. The number of rotatable bonds is 4. The topological polar surface area (TPSA) is 55.4 Å². The van der Waals surface area contributed by atoms with Crippen LogP contribution in [0.15, 0.2) is 36.4 Å². The van der Waals surface area contributed by atoms with Gasteiger partial charge in [-0.25, -0.2) is 13.6 Å². The number of nitrogens with one attached hydrogen (secondary N) is 1. The molecule has 0 unspecified atom stereocenters. The molecule has 0 saturated carbocycles. The van der Waals surface area contributed by atoms with Gasteiger partial charge in [0.1, 0.15) is 11.6 Å². The molecule has 1 atom stereocenters. The summed E-state index contributed by atoms with van der Waals surface area (Å²) in [5.74, 6) is -3.30. The van der Waals surface area contributed by atoms with Gasteiger partial charge in [-0.05, 0) is 50.1 Å². The van der Waals surface area contributed by atoms with Crippen LogP contribution in [0.5, 0.6) is 0 Å². The maximum atomic E-state index is 13.1. The summed E-state index contributed by atoms with van der Waals surface area (Å²) in [6.45, 7) is 5.10. The van der Waals surface area contributed by atoms with E-state index in [1.54, 1.807) is 6.07 Å². The Labute approximate surface area is 138 Å². The first-order valence-electron chi connectivity index (χ1n) is 7.31. The smallest absolute Gasteiger partial charge is 0.339 e. The number of hydrogen-bond donors (Lipinski definition) is 1. The van der Waals surface area contributed by atoms with Gasteiger partial charge < -0.3 is 10.1 Å². The number of carbonyl (C=O) groups excluding carboxylic acids is 2. The molecule has 0 aliphatic carbocycles. The summed E-state index contributed by atoms with van der Waals surface area (Å²) in [6, 6.07) is 7.91. The van der Waals surface area contributed by atoms with Crippen molar-refractivity contribution in [2.24, 2.45) is 0 Å². The van der Waals surface area contributed by atoms with E-state index in [0.29, 0.717) is 11.8 Å². The normalized spacial score (nSPS) is 11.7. The van der Waals surface area contributed by atoms with Gasteiger partial charge in [0, 0.05) is 11.8 Å². The van der Waals surface area contributed by atoms with Crippen molar-refractivity contribution in [3.05, 3.63) is 64.7 Å². The Morgan fingerprint density at radius 2 is 1.67 bits per heavy atom. The van der Waals surface area contributed by atoms with Crippen molar-refractivity contribution in [3.8, 4) is 0 Å². The Morgan fingerprint density at radius 1 is 1.04 bits per heavy atom. The lowest BCUT2D eigenvalue weighted by Gasteiger charge is -2.15. The van der Waals surface area contributed by atoms with Crippen molar-refractivity contribution in [1.29, 1.82) is 0 Å². The third-order valence-electron chi connectivity index (χ3n) is 3.40. The monoisotopic (exact) mass is 333 g/mol. The number of carbonyl (C=O) groups is 2. The average molecular weight is 333 g/mol. The van der Waals surface area contributed by atoms with Crippen molar-refractivity contribution in [2.75, 3.05) is 5.32 Å². The molecule has 24 heavy (non-hydrogen) atoms. The fourth-order valence-corrected chi connectivity index (χ4v) is 2.06. The summed E-state index contributed by atoms with van der Waals surface area (Å²) in [7, 11) is 0. The highest BCUT2D eigenvalue weighted by molar-refractivity contribution is 5.97. The number of amides is 1. The highest BCUT2D eigenvalue weighted by atomic mass is 19.1. The molecular weight excluding hydrogens is 316 g/mol. The minimum Gasteiger partial charge on any atom is -0.449 e. The Kier molecular flexibility index (Phi) is 5.28. The number of benzene rings is 2. The Hall–Kier alpha value is -2.76. The van der Waals surface area contributed by atoms with Crippen LogP contribution in [0.3, 0.4) is 0 Å². The minimum atomic E-state index is -1.12. The van der Waals surface area contributed by atoms with Crippen LogP contribution in [0.4, 0.5) is 14.5 Å². The van der Waals surface area contributed by atoms with E-state index in [1.165, 1.54) is 6.92 Å². The summed E-state index contributed by atoms with van der Waals surface area (Å²) in [5, 5.41) is 2.67. The van der Waals surface area contributed by atoms with Crippen LogP contribution in [-0.2, 0) is 9.53 Å². The Morgan fingerprint density at radius 3 is 2.29 bits per heavy atom. The van der Waals surface area contributed by atoms with Gasteiger partial charge in [-0.1, -0.05) is 12.1 Å². The molecule has 0 radical (unpaired) electrons. The van der Waals surface area contributed by atoms with Gasteiger partial charge in [-0.2, -0.15) is 0 Å². The van der Waals surface area contributed by atoms with E-state index in [9.17, 15) is 18.4 Å². The lowest BCUT2D eigenvalue weighted by atomic mass is 10.1. The van der Waals surface area contributed by atoms with Crippen LogP contribution in [-0.4, -0.2) is 18.0 Å². The lowest BCUT2D eigenvalue weighted by Crippen LogP contribution is -2.30. The van der Waals surface area contributed by atoms with Crippen molar-refractivity contribution in [3.63, 3.8) is 0 Å². The maximum Gasteiger partial charge on any atom is 0.339 e. The largest absolute Gasteiger partial charge is 0.449 e. The van der Waals surface area contributed by atoms with Crippen LogP contribution in [0, 0.1) is 25.5 Å². The molecule has 0 aliphatic heterocycles.